The van der Waals surface area contributed by atoms with Gasteiger partial charge in [-0.1, -0.05) is 0 Å². The molecule has 3 aromatic heterocycles. The van der Waals surface area contributed by atoms with Crippen molar-refractivity contribution in [2.24, 2.45) is 5.73 Å². The van der Waals surface area contributed by atoms with Crippen LogP contribution in [0.15, 0.2) is 22.3 Å². The van der Waals surface area contributed by atoms with E-state index in [9.17, 15) is 9.59 Å². The van der Waals surface area contributed by atoms with Crippen LogP contribution in [0.3, 0.4) is 0 Å². The minimum Gasteiger partial charge on any atom is -0.369 e. The fourth-order valence-electron chi connectivity index (χ4n) is 2.48. The van der Waals surface area contributed by atoms with E-state index >= 15 is 0 Å². The van der Waals surface area contributed by atoms with Gasteiger partial charge >= 0.3 is 0 Å². The number of anilines is 1. The van der Waals surface area contributed by atoms with E-state index in [4.69, 9.17) is 11.5 Å². The zero-order valence-electron chi connectivity index (χ0n) is 12.4. The molecule has 0 unspecified atom stereocenters. The largest absolute Gasteiger partial charge is 0.369 e. The summed E-state index contributed by atoms with van der Waals surface area (Å²) in [5, 5.41) is 2.32. The molecule has 0 radical (unpaired) electrons. The van der Waals surface area contributed by atoms with Crippen LogP contribution in [0, 0.1) is 0 Å². The van der Waals surface area contributed by atoms with E-state index in [-0.39, 0.29) is 17.4 Å². The van der Waals surface area contributed by atoms with Crippen LogP contribution in [0.2, 0.25) is 0 Å². The average Bonchev–Trinajstić information content (AvgIpc) is 3.10. The molecule has 0 fully saturated rings. The number of hydrogen-bond acceptors (Lipinski definition) is 5. The maximum Gasteiger partial charge on any atom is 0.261 e. The fourth-order valence-corrected chi connectivity index (χ4v) is 3.40. The predicted octanol–water partition coefficient (Wildman–Crippen LogP) is 1.56. The number of H-pyrrole nitrogens is 2. The van der Waals surface area contributed by atoms with E-state index in [0.717, 1.165) is 36.3 Å². The van der Waals surface area contributed by atoms with E-state index in [2.05, 4.69) is 15.0 Å². The summed E-state index contributed by atoms with van der Waals surface area (Å²) in [6.07, 6.45) is 3.68. The third-order valence-electron chi connectivity index (χ3n) is 3.63. The first-order chi connectivity index (χ1) is 11.0. The predicted molar refractivity (Wildman–Crippen MR) is 90.6 cm³/mol. The average molecular weight is 331 g/mol. The molecule has 0 aliphatic rings. The molecule has 0 spiro atoms. The van der Waals surface area contributed by atoms with Gasteiger partial charge in [0.05, 0.1) is 10.9 Å². The Kier molecular flexibility index (Phi) is 4.16. The SMILES string of the molecule is NC(=O)c1csc(CCCCc2cc3c(=O)[nH]c(N)nc3[nH]2)c1. The van der Waals surface area contributed by atoms with Gasteiger partial charge in [-0.05, 0) is 37.8 Å². The molecule has 23 heavy (non-hydrogen) atoms. The van der Waals surface area contributed by atoms with Crippen molar-refractivity contribution in [3.8, 4) is 0 Å². The molecule has 0 aromatic carbocycles. The highest BCUT2D eigenvalue weighted by atomic mass is 32.1. The molecular weight excluding hydrogens is 314 g/mol. The van der Waals surface area contributed by atoms with Gasteiger partial charge in [0.15, 0.2) is 0 Å². The smallest absolute Gasteiger partial charge is 0.261 e. The van der Waals surface area contributed by atoms with Gasteiger partial charge < -0.3 is 16.5 Å². The van der Waals surface area contributed by atoms with Crippen molar-refractivity contribution in [3.05, 3.63) is 44.0 Å². The Morgan fingerprint density at radius 1 is 1.22 bits per heavy atom. The standard InChI is InChI=1S/C15H17N5O2S/c16-12(21)8-5-10(23-7-8)4-2-1-3-9-6-11-13(18-9)19-15(17)20-14(11)22/h5-7H,1-4H2,(H2,16,21)(H4,17,18,19,20,22). The number of nitrogens with one attached hydrogen (secondary N) is 2. The Labute approximate surface area is 135 Å². The zero-order valence-corrected chi connectivity index (χ0v) is 13.2. The second-order valence-electron chi connectivity index (χ2n) is 5.38. The lowest BCUT2D eigenvalue weighted by Crippen LogP contribution is -2.09. The summed E-state index contributed by atoms with van der Waals surface area (Å²) < 4.78 is 0. The molecule has 0 atom stereocenters. The van der Waals surface area contributed by atoms with Gasteiger partial charge in [-0.25, -0.2) is 0 Å². The van der Waals surface area contributed by atoms with Crippen LogP contribution in [0.4, 0.5) is 5.95 Å². The lowest BCUT2D eigenvalue weighted by Gasteiger charge is -1.98. The van der Waals surface area contributed by atoms with Gasteiger partial charge in [-0.3, -0.25) is 14.6 Å². The number of aromatic amines is 2. The Balaban J connectivity index is 1.57. The summed E-state index contributed by atoms with van der Waals surface area (Å²) in [4.78, 5) is 33.6. The molecule has 6 N–H and O–H groups in total. The summed E-state index contributed by atoms with van der Waals surface area (Å²) >= 11 is 1.55. The van der Waals surface area contributed by atoms with Crippen LogP contribution >= 0.6 is 11.3 Å². The molecule has 0 saturated heterocycles. The number of thiophene rings is 1. The molecule has 0 bridgehead atoms. The Morgan fingerprint density at radius 3 is 2.74 bits per heavy atom. The minimum absolute atomic E-state index is 0.110. The van der Waals surface area contributed by atoms with Crippen LogP contribution in [-0.4, -0.2) is 20.9 Å². The summed E-state index contributed by atoms with van der Waals surface area (Å²) in [5.41, 5.74) is 12.6. The van der Waals surface area contributed by atoms with Gasteiger partial charge in [0.1, 0.15) is 5.65 Å². The topological polar surface area (TPSA) is 131 Å². The Hall–Kier alpha value is -2.61. The number of nitrogen functional groups attached to an aromatic ring is 1. The molecule has 8 heteroatoms. The number of aryl methyl sites for hydroxylation is 2. The normalized spacial score (nSPS) is 11.1. The fraction of sp³-hybridized carbons (Fsp3) is 0.267. The van der Waals surface area contributed by atoms with E-state index in [1.54, 1.807) is 16.7 Å². The number of nitrogens with zero attached hydrogens (tertiary/aromatic N) is 1. The van der Waals surface area contributed by atoms with Crippen LogP contribution in [0.5, 0.6) is 0 Å². The molecule has 3 heterocycles. The van der Waals surface area contributed by atoms with Crippen molar-refractivity contribution in [1.29, 1.82) is 0 Å². The third kappa shape index (κ3) is 3.42. The molecule has 0 aliphatic carbocycles. The quantitative estimate of drug-likeness (QED) is 0.510. The van der Waals surface area contributed by atoms with Crippen molar-refractivity contribution >= 4 is 34.2 Å². The number of carbonyl (C=O) groups is 1. The lowest BCUT2D eigenvalue weighted by atomic mass is 10.1. The summed E-state index contributed by atoms with van der Waals surface area (Å²) in [7, 11) is 0. The molecule has 7 nitrogen and oxygen atoms in total. The van der Waals surface area contributed by atoms with Crippen LogP contribution in [0.25, 0.3) is 11.0 Å². The minimum atomic E-state index is -0.387. The number of hydrogen-bond donors (Lipinski definition) is 4. The number of unbranched alkanes of at least 4 members (excludes halogenated alkanes) is 1. The number of rotatable bonds is 6. The first-order valence-electron chi connectivity index (χ1n) is 7.27. The van der Waals surface area contributed by atoms with E-state index < -0.39 is 0 Å². The highest BCUT2D eigenvalue weighted by Gasteiger charge is 2.08. The molecular formula is C15H17N5O2S. The lowest BCUT2D eigenvalue weighted by molar-refractivity contribution is 0.100. The number of aromatic nitrogens is 3. The Bertz CT molecular complexity index is 908. The third-order valence-corrected chi connectivity index (χ3v) is 4.63. The number of carbonyl (C=O) groups excluding carboxylic acids is 1. The first kappa shape index (κ1) is 15.3. The van der Waals surface area contributed by atoms with Crippen molar-refractivity contribution in [1.82, 2.24) is 15.0 Å². The molecule has 0 saturated carbocycles. The zero-order chi connectivity index (χ0) is 16.4. The van der Waals surface area contributed by atoms with Gasteiger partial charge in [0.25, 0.3) is 5.56 Å². The van der Waals surface area contributed by atoms with Gasteiger partial charge in [0, 0.05) is 16.0 Å². The number of nitrogens with two attached hydrogens (primary N) is 2. The van der Waals surface area contributed by atoms with Crippen LogP contribution in [0.1, 0.15) is 33.8 Å². The van der Waals surface area contributed by atoms with Crippen molar-refractivity contribution in [2.75, 3.05) is 5.73 Å². The van der Waals surface area contributed by atoms with Gasteiger partial charge in [-0.15, -0.1) is 11.3 Å². The maximum atomic E-state index is 11.8. The molecule has 3 aromatic rings. The van der Waals surface area contributed by atoms with Crippen LogP contribution in [-0.2, 0) is 12.8 Å². The van der Waals surface area contributed by atoms with E-state index in [0.29, 0.717) is 16.6 Å². The first-order valence-corrected chi connectivity index (χ1v) is 8.15. The van der Waals surface area contributed by atoms with Crippen LogP contribution < -0.4 is 17.0 Å². The number of amides is 1. The summed E-state index contributed by atoms with van der Waals surface area (Å²) in [5.74, 6) is -0.276. The summed E-state index contributed by atoms with van der Waals surface area (Å²) in [6, 6.07) is 3.67. The number of fused-ring (bicyclic) bond motifs is 1. The molecule has 1 amide bonds. The second-order valence-corrected chi connectivity index (χ2v) is 6.38. The molecule has 120 valence electrons. The van der Waals surface area contributed by atoms with Crippen molar-refractivity contribution in [3.63, 3.8) is 0 Å². The summed E-state index contributed by atoms with van der Waals surface area (Å²) in [6.45, 7) is 0. The molecule has 3 rings (SSSR count). The monoisotopic (exact) mass is 331 g/mol. The Morgan fingerprint density at radius 2 is 2.00 bits per heavy atom. The molecule has 0 aliphatic heterocycles. The van der Waals surface area contributed by atoms with Gasteiger partial charge in [-0.2, -0.15) is 4.98 Å². The van der Waals surface area contributed by atoms with Crippen molar-refractivity contribution in [2.45, 2.75) is 25.7 Å². The maximum absolute atomic E-state index is 11.8. The highest BCUT2D eigenvalue weighted by molar-refractivity contribution is 7.10. The van der Waals surface area contributed by atoms with E-state index in [1.165, 1.54) is 0 Å². The highest BCUT2D eigenvalue weighted by Crippen LogP contribution is 2.18. The second kappa shape index (κ2) is 6.25. The van der Waals surface area contributed by atoms with Crippen molar-refractivity contribution < 1.29 is 4.79 Å². The van der Waals surface area contributed by atoms with Gasteiger partial charge in [0.2, 0.25) is 11.9 Å². The number of primary amides is 1. The van der Waals surface area contributed by atoms with E-state index in [1.807, 2.05) is 12.1 Å².